The maximum atomic E-state index is 13.1. The van der Waals surface area contributed by atoms with Crippen LogP contribution in [0.25, 0.3) is 0 Å². The number of halogens is 1. The van der Waals surface area contributed by atoms with Gasteiger partial charge >= 0.3 is 0 Å². The number of hydrogen-bond donors (Lipinski definition) is 1. The van der Waals surface area contributed by atoms with Crippen LogP contribution in [0.5, 0.6) is 0 Å². The van der Waals surface area contributed by atoms with E-state index in [1.807, 2.05) is 26.1 Å². The van der Waals surface area contributed by atoms with Crippen LogP contribution in [0.2, 0.25) is 0 Å². The lowest BCUT2D eigenvalue weighted by atomic mass is 10.1. The van der Waals surface area contributed by atoms with Gasteiger partial charge in [0.1, 0.15) is 5.82 Å². The fourth-order valence-corrected chi connectivity index (χ4v) is 3.39. The van der Waals surface area contributed by atoms with E-state index in [1.165, 1.54) is 17.7 Å². The summed E-state index contributed by atoms with van der Waals surface area (Å²) < 4.78 is 13.1. The molecule has 1 aliphatic heterocycles. The predicted octanol–water partition coefficient (Wildman–Crippen LogP) is 2.60. The van der Waals surface area contributed by atoms with Crippen LogP contribution in [0.1, 0.15) is 31.0 Å². The molecular formula is C21H27FN4O. The van der Waals surface area contributed by atoms with Gasteiger partial charge < -0.3 is 5.32 Å². The molecule has 1 aromatic heterocycles. The fraction of sp³-hybridized carbons (Fsp3) is 0.429. The van der Waals surface area contributed by atoms with Gasteiger partial charge in [-0.05, 0) is 43.2 Å². The molecule has 2 atom stereocenters. The smallest absolute Gasteiger partial charge is 0.237 e. The van der Waals surface area contributed by atoms with Crippen LogP contribution in [0.3, 0.4) is 0 Å². The number of nitrogens with one attached hydrogen (secondary N) is 1. The van der Waals surface area contributed by atoms with E-state index in [2.05, 4.69) is 26.2 Å². The van der Waals surface area contributed by atoms with Crippen molar-refractivity contribution in [2.45, 2.75) is 32.5 Å². The maximum absolute atomic E-state index is 13.1. The van der Waals surface area contributed by atoms with Gasteiger partial charge in [0.05, 0.1) is 12.1 Å². The molecule has 6 heteroatoms. The summed E-state index contributed by atoms with van der Waals surface area (Å²) in [4.78, 5) is 21.4. The Hall–Kier alpha value is -2.31. The topological polar surface area (TPSA) is 48.5 Å². The van der Waals surface area contributed by atoms with Gasteiger partial charge in [0.2, 0.25) is 5.91 Å². The number of aromatic nitrogens is 1. The van der Waals surface area contributed by atoms with Crippen LogP contribution in [0, 0.1) is 5.82 Å². The normalized spacial score (nSPS) is 18.0. The molecule has 0 radical (unpaired) electrons. The Balaban J connectivity index is 1.47. The van der Waals surface area contributed by atoms with Crippen molar-refractivity contribution in [3.63, 3.8) is 0 Å². The van der Waals surface area contributed by atoms with Gasteiger partial charge in [-0.2, -0.15) is 0 Å². The first-order chi connectivity index (χ1) is 13.0. The zero-order chi connectivity index (χ0) is 19.2. The number of carbonyl (C=O) groups is 1. The number of nitrogens with zero attached hydrogens (tertiary/aromatic N) is 3. The van der Waals surface area contributed by atoms with Crippen LogP contribution in [0.4, 0.5) is 4.39 Å². The van der Waals surface area contributed by atoms with Crippen molar-refractivity contribution in [3.05, 3.63) is 65.7 Å². The monoisotopic (exact) mass is 370 g/mol. The van der Waals surface area contributed by atoms with Crippen molar-refractivity contribution >= 4 is 5.91 Å². The SMILES string of the molecule is C[C@H](C(=O)N[C@H](C)c1ccc(F)cc1)N1CCN(Cc2cccnc2)CC1. The van der Waals surface area contributed by atoms with Gasteiger partial charge in [0.25, 0.3) is 0 Å². The van der Waals surface area contributed by atoms with E-state index in [0.29, 0.717) is 0 Å². The molecule has 27 heavy (non-hydrogen) atoms. The van der Waals surface area contributed by atoms with Gasteiger partial charge in [0, 0.05) is 45.1 Å². The van der Waals surface area contributed by atoms with Crippen LogP contribution in [-0.2, 0) is 11.3 Å². The third-order valence-corrected chi connectivity index (χ3v) is 5.19. The lowest BCUT2D eigenvalue weighted by Crippen LogP contribution is -2.53. The lowest BCUT2D eigenvalue weighted by Gasteiger charge is -2.37. The van der Waals surface area contributed by atoms with Crippen molar-refractivity contribution in [1.82, 2.24) is 20.1 Å². The zero-order valence-corrected chi connectivity index (χ0v) is 15.9. The van der Waals surface area contributed by atoms with E-state index in [1.54, 1.807) is 18.3 Å². The summed E-state index contributed by atoms with van der Waals surface area (Å²) in [5.41, 5.74) is 2.11. The third kappa shape index (κ3) is 5.34. The van der Waals surface area contributed by atoms with Crippen LogP contribution >= 0.6 is 0 Å². The Morgan fingerprint density at radius 2 is 1.85 bits per heavy atom. The van der Waals surface area contributed by atoms with E-state index in [9.17, 15) is 9.18 Å². The minimum atomic E-state index is -0.269. The second-order valence-corrected chi connectivity index (χ2v) is 7.13. The van der Waals surface area contributed by atoms with Crippen molar-refractivity contribution in [3.8, 4) is 0 Å². The first kappa shape index (κ1) is 19.5. The molecule has 1 fully saturated rings. The molecule has 2 heterocycles. The summed E-state index contributed by atoms with van der Waals surface area (Å²) in [5.74, 6) is -0.262. The highest BCUT2D eigenvalue weighted by atomic mass is 19.1. The zero-order valence-electron chi connectivity index (χ0n) is 15.9. The molecule has 0 saturated carbocycles. The number of piperazine rings is 1. The molecule has 1 amide bonds. The van der Waals surface area contributed by atoms with Gasteiger partial charge in [-0.3, -0.25) is 19.6 Å². The Labute approximate surface area is 160 Å². The molecule has 1 N–H and O–H groups in total. The summed E-state index contributed by atoms with van der Waals surface area (Å²) in [7, 11) is 0. The molecule has 144 valence electrons. The van der Waals surface area contributed by atoms with Gasteiger partial charge in [0.15, 0.2) is 0 Å². The number of amides is 1. The highest BCUT2D eigenvalue weighted by molar-refractivity contribution is 5.81. The van der Waals surface area contributed by atoms with Crippen LogP contribution in [-0.4, -0.2) is 52.9 Å². The molecule has 1 aliphatic rings. The summed E-state index contributed by atoms with van der Waals surface area (Å²) in [5, 5.41) is 3.04. The molecule has 0 aliphatic carbocycles. The second-order valence-electron chi connectivity index (χ2n) is 7.13. The standard InChI is InChI=1S/C21H27FN4O/c1-16(19-5-7-20(22)8-6-19)24-21(27)17(2)26-12-10-25(11-13-26)15-18-4-3-9-23-14-18/h3-9,14,16-17H,10-13,15H2,1-2H3,(H,24,27)/t16-,17-/m1/s1. The second kappa shape index (κ2) is 9.06. The third-order valence-electron chi connectivity index (χ3n) is 5.19. The van der Waals surface area contributed by atoms with Crippen molar-refractivity contribution in [1.29, 1.82) is 0 Å². The summed E-state index contributed by atoms with van der Waals surface area (Å²) in [6.07, 6.45) is 3.69. The van der Waals surface area contributed by atoms with E-state index in [-0.39, 0.29) is 23.8 Å². The van der Waals surface area contributed by atoms with Gasteiger partial charge in [-0.1, -0.05) is 18.2 Å². The van der Waals surface area contributed by atoms with Crippen LogP contribution < -0.4 is 5.32 Å². The highest BCUT2D eigenvalue weighted by Crippen LogP contribution is 2.15. The molecule has 5 nitrogen and oxygen atoms in total. The molecular weight excluding hydrogens is 343 g/mol. The molecule has 1 aromatic carbocycles. The van der Waals surface area contributed by atoms with Crippen molar-refractivity contribution in [2.24, 2.45) is 0 Å². The lowest BCUT2D eigenvalue weighted by molar-refractivity contribution is -0.127. The Kier molecular flexibility index (Phi) is 6.53. The number of hydrogen-bond acceptors (Lipinski definition) is 4. The number of carbonyl (C=O) groups excluding carboxylic acids is 1. The van der Waals surface area contributed by atoms with Crippen molar-refractivity contribution < 1.29 is 9.18 Å². The predicted molar refractivity (Wildman–Crippen MR) is 104 cm³/mol. The Bertz CT molecular complexity index is 730. The van der Waals surface area contributed by atoms with Gasteiger partial charge in [-0.15, -0.1) is 0 Å². The maximum Gasteiger partial charge on any atom is 0.237 e. The number of pyridine rings is 1. The van der Waals surface area contributed by atoms with Gasteiger partial charge in [-0.25, -0.2) is 4.39 Å². The van der Waals surface area contributed by atoms with E-state index in [0.717, 1.165) is 38.3 Å². The fourth-order valence-electron chi connectivity index (χ4n) is 3.39. The van der Waals surface area contributed by atoms with E-state index < -0.39 is 0 Å². The average molecular weight is 370 g/mol. The van der Waals surface area contributed by atoms with E-state index >= 15 is 0 Å². The minimum absolute atomic E-state index is 0.00698. The Morgan fingerprint density at radius 1 is 1.15 bits per heavy atom. The molecule has 3 rings (SSSR count). The first-order valence-corrected chi connectivity index (χ1v) is 9.44. The average Bonchev–Trinajstić information content (AvgIpc) is 2.69. The van der Waals surface area contributed by atoms with E-state index in [4.69, 9.17) is 0 Å². The Morgan fingerprint density at radius 3 is 2.48 bits per heavy atom. The quantitative estimate of drug-likeness (QED) is 0.849. The first-order valence-electron chi connectivity index (χ1n) is 9.44. The summed E-state index contributed by atoms with van der Waals surface area (Å²) >= 11 is 0. The number of benzene rings is 1. The molecule has 1 saturated heterocycles. The largest absolute Gasteiger partial charge is 0.348 e. The summed E-state index contributed by atoms with van der Waals surface area (Å²) in [6, 6.07) is 9.98. The molecule has 2 aromatic rings. The van der Waals surface area contributed by atoms with Crippen molar-refractivity contribution in [2.75, 3.05) is 26.2 Å². The molecule has 0 spiro atoms. The summed E-state index contributed by atoms with van der Waals surface area (Å²) in [6.45, 7) is 8.34. The highest BCUT2D eigenvalue weighted by Gasteiger charge is 2.26. The molecule has 0 unspecified atom stereocenters. The van der Waals surface area contributed by atoms with Crippen LogP contribution in [0.15, 0.2) is 48.8 Å². The number of rotatable bonds is 6. The molecule has 0 bridgehead atoms. The minimum Gasteiger partial charge on any atom is -0.348 e.